The normalized spacial score (nSPS) is 19.3. The summed E-state index contributed by atoms with van der Waals surface area (Å²) >= 11 is 2.88. The minimum atomic E-state index is -3.43. The van der Waals surface area contributed by atoms with Crippen molar-refractivity contribution in [3.8, 4) is 0 Å². The van der Waals surface area contributed by atoms with E-state index in [4.69, 9.17) is 0 Å². The first kappa shape index (κ1) is 19.1. The molecule has 3 heterocycles. The van der Waals surface area contributed by atoms with Gasteiger partial charge in [-0.1, -0.05) is 18.9 Å². The molecule has 146 valence electrons. The zero-order valence-corrected chi connectivity index (χ0v) is 17.7. The summed E-state index contributed by atoms with van der Waals surface area (Å²) in [5.74, 6) is 0.0555. The number of carbonyl (C=O) groups is 1. The fourth-order valence-corrected chi connectivity index (χ4v) is 7.56. The van der Waals surface area contributed by atoms with Crippen LogP contribution in [0.5, 0.6) is 0 Å². The summed E-state index contributed by atoms with van der Waals surface area (Å²) in [6.07, 6.45) is 7.13. The number of sulfonamides is 1. The third kappa shape index (κ3) is 3.99. The topological polar surface area (TPSA) is 57.7 Å². The molecule has 0 saturated carbocycles. The third-order valence-electron chi connectivity index (χ3n) is 5.32. The molecule has 0 bridgehead atoms. The second-order valence-corrected chi connectivity index (χ2v) is 11.4. The third-order valence-corrected chi connectivity index (χ3v) is 9.82. The van der Waals surface area contributed by atoms with Gasteiger partial charge in [-0.15, -0.1) is 22.7 Å². The van der Waals surface area contributed by atoms with E-state index in [-0.39, 0.29) is 5.91 Å². The van der Waals surface area contributed by atoms with Gasteiger partial charge in [0.1, 0.15) is 4.21 Å². The highest BCUT2D eigenvalue weighted by molar-refractivity contribution is 7.91. The number of thiophene rings is 2. The molecule has 1 aliphatic carbocycles. The van der Waals surface area contributed by atoms with Crippen molar-refractivity contribution in [1.29, 1.82) is 0 Å². The number of nitrogens with zero attached hydrogens (tertiary/aromatic N) is 2. The summed E-state index contributed by atoms with van der Waals surface area (Å²) < 4.78 is 27.1. The van der Waals surface area contributed by atoms with Gasteiger partial charge in [0, 0.05) is 31.1 Å². The van der Waals surface area contributed by atoms with E-state index in [1.165, 1.54) is 51.8 Å². The standard InChI is InChI=1S/C19H24N2O3S3/c22-19(17-14-15-6-3-1-2-4-7-16(15)26-17)20-9-11-21(12-10-20)27(23,24)18-8-5-13-25-18/h5,8,13-14H,1-4,6-7,9-12H2. The average Bonchev–Trinajstić information content (AvgIpc) is 3.32. The lowest BCUT2D eigenvalue weighted by Gasteiger charge is -2.33. The Balaban J connectivity index is 1.42. The van der Waals surface area contributed by atoms with E-state index < -0.39 is 10.0 Å². The van der Waals surface area contributed by atoms with Crippen LogP contribution in [-0.4, -0.2) is 49.7 Å². The summed E-state index contributed by atoms with van der Waals surface area (Å²) in [5.41, 5.74) is 1.35. The number of fused-ring (bicyclic) bond motifs is 1. The second kappa shape index (κ2) is 8.03. The van der Waals surface area contributed by atoms with E-state index in [1.54, 1.807) is 33.7 Å². The molecular formula is C19H24N2O3S3. The van der Waals surface area contributed by atoms with E-state index in [2.05, 4.69) is 6.07 Å². The van der Waals surface area contributed by atoms with Crippen LogP contribution < -0.4 is 0 Å². The lowest BCUT2D eigenvalue weighted by molar-refractivity contribution is 0.0703. The van der Waals surface area contributed by atoms with Crippen LogP contribution in [-0.2, 0) is 22.9 Å². The van der Waals surface area contributed by atoms with E-state index in [0.29, 0.717) is 30.4 Å². The molecule has 4 rings (SSSR count). The Labute approximate surface area is 168 Å². The predicted octanol–water partition coefficient (Wildman–Crippen LogP) is 3.62. The van der Waals surface area contributed by atoms with Gasteiger partial charge < -0.3 is 4.90 Å². The summed E-state index contributed by atoms with van der Waals surface area (Å²) in [4.78, 5) is 16.9. The first-order valence-corrected chi connectivity index (χ1v) is 12.6. The molecule has 5 nitrogen and oxygen atoms in total. The van der Waals surface area contributed by atoms with Crippen LogP contribution in [0.25, 0.3) is 0 Å². The molecule has 2 aliphatic rings. The van der Waals surface area contributed by atoms with E-state index in [0.717, 1.165) is 17.7 Å². The van der Waals surface area contributed by atoms with Gasteiger partial charge in [0.25, 0.3) is 15.9 Å². The number of rotatable bonds is 3. The van der Waals surface area contributed by atoms with Crippen LogP contribution in [0.3, 0.4) is 0 Å². The van der Waals surface area contributed by atoms with E-state index in [9.17, 15) is 13.2 Å². The Hall–Kier alpha value is -1.22. The molecule has 0 atom stereocenters. The van der Waals surface area contributed by atoms with Crippen molar-refractivity contribution in [3.63, 3.8) is 0 Å². The Kier molecular flexibility index (Phi) is 5.68. The number of carbonyl (C=O) groups excluding carboxylic acids is 1. The maximum absolute atomic E-state index is 12.9. The van der Waals surface area contributed by atoms with Gasteiger partial charge in [-0.05, 0) is 48.8 Å². The predicted molar refractivity (Wildman–Crippen MR) is 109 cm³/mol. The molecule has 27 heavy (non-hydrogen) atoms. The lowest BCUT2D eigenvalue weighted by atomic mass is 10.00. The van der Waals surface area contributed by atoms with Crippen LogP contribution in [0.4, 0.5) is 0 Å². The second-order valence-electron chi connectivity index (χ2n) is 7.10. The Morgan fingerprint density at radius 1 is 1.00 bits per heavy atom. The van der Waals surface area contributed by atoms with Gasteiger partial charge in [-0.3, -0.25) is 4.79 Å². The number of hydrogen-bond acceptors (Lipinski definition) is 5. The van der Waals surface area contributed by atoms with Crippen molar-refractivity contribution in [2.24, 2.45) is 0 Å². The van der Waals surface area contributed by atoms with E-state index >= 15 is 0 Å². The summed E-state index contributed by atoms with van der Waals surface area (Å²) in [6.45, 7) is 1.62. The fourth-order valence-electron chi connectivity index (χ4n) is 3.77. The first-order valence-electron chi connectivity index (χ1n) is 9.50. The highest BCUT2D eigenvalue weighted by Gasteiger charge is 2.31. The fraction of sp³-hybridized carbons (Fsp3) is 0.526. The van der Waals surface area contributed by atoms with Gasteiger partial charge >= 0.3 is 0 Å². The van der Waals surface area contributed by atoms with E-state index in [1.807, 2.05) is 0 Å². The molecule has 1 saturated heterocycles. The summed E-state index contributed by atoms with van der Waals surface area (Å²) in [5, 5.41) is 1.77. The van der Waals surface area contributed by atoms with Gasteiger partial charge in [-0.25, -0.2) is 8.42 Å². The number of aryl methyl sites for hydroxylation is 2. The van der Waals surface area contributed by atoms with Crippen LogP contribution in [0.1, 0.15) is 45.8 Å². The zero-order valence-electron chi connectivity index (χ0n) is 15.2. The number of hydrogen-bond donors (Lipinski definition) is 0. The monoisotopic (exact) mass is 424 g/mol. The van der Waals surface area contributed by atoms with Crippen molar-refractivity contribution in [2.75, 3.05) is 26.2 Å². The van der Waals surface area contributed by atoms with Crippen molar-refractivity contribution >= 4 is 38.6 Å². The van der Waals surface area contributed by atoms with Gasteiger partial charge in [-0.2, -0.15) is 4.31 Å². The molecule has 0 N–H and O–H groups in total. The quantitative estimate of drug-likeness (QED) is 0.756. The molecule has 0 spiro atoms. The maximum Gasteiger partial charge on any atom is 0.264 e. The van der Waals surface area contributed by atoms with Gasteiger partial charge in [0.05, 0.1) is 4.88 Å². The average molecular weight is 425 g/mol. The minimum absolute atomic E-state index is 0.0555. The van der Waals surface area contributed by atoms with Crippen molar-refractivity contribution in [2.45, 2.75) is 42.7 Å². The molecule has 0 radical (unpaired) electrons. The molecule has 1 aliphatic heterocycles. The van der Waals surface area contributed by atoms with Crippen molar-refractivity contribution in [3.05, 3.63) is 38.9 Å². The molecule has 2 aromatic heterocycles. The highest BCUT2D eigenvalue weighted by atomic mass is 32.2. The molecule has 1 fully saturated rings. The molecule has 8 heteroatoms. The molecular weight excluding hydrogens is 400 g/mol. The maximum atomic E-state index is 12.9. The highest BCUT2D eigenvalue weighted by Crippen LogP contribution is 2.30. The SMILES string of the molecule is O=C(c1cc2c(s1)CCCCCC2)N1CCN(S(=O)(=O)c2cccs2)CC1. The summed E-state index contributed by atoms with van der Waals surface area (Å²) in [7, 11) is -3.43. The smallest absolute Gasteiger partial charge is 0.264 e. The number of amides is 1. The molecule has 1 amide bonds. The Morgan fingerprint density at radius 2 is 1.74 bits per heavy atom. The van der Waals surface area contributed by atoms with Crippen LogP contribution in [0.2, 0.25) is 0 Å². The van der Waals surface area contributed by atoms with Crippen LogP contribution in [0.15, 0.2) is 27.8 Å². The first-order chi connectivity index (χ1) is 13.1. The Bertz CT molecular complexity index is 869. The molecule has 0 aromatic carbocycles. The Morgan fingerprint density at radius 3 is 2.44 bits per heavy atom. The van der Waals surface area contributed by atoms with Crippen molar-refractivity contribution < 1.29 is 13.2 Å². The van der Waals surface area contributed by atoms with Gasteiger partial charge in [0.2, 0.25) is 0 Å². The zero-order chi connectivity index (χ0) is 18.9. The van der Waals surface area contributed by atoms with Gasteiger partial charge in [0.15, 0.2) is 0 Å². The largest absolute Gasteiger partial charge is 0.335 e. The minimum Gasteiger partial charge on any atom is -0.335 e. The molecule has 2 aromatic rings. The lowest BCUT2D eigenvalue weighted by Crippen LogP contribution is -2.50. The van der Waals surface area contributed by atoms with Crippen LogP contribution >= 0.6 is 22.7 Å². The number of piperazine rings is 1. The van der Waals surface area contributed by atoms with Crippen molar-refractivity contribution in [1.82, 2.24) is 9.21 Å². The summed E-state index contributed by atoms with van der Waals surface area (Å²) in [6, 6.07) is 5.47. The molecule has 0 unspecified atom stereocenters. The van der Waals surface area contributed by atoms with Crippen LogP contribution in [0, 0.1) is 0 Å².